The predicted molar refractivity (Wildman–Crippen MR) is 122 cm³/mol. The van der Waals surface area contributed by atoms with Gasteiger partial charge in [0.05, 0.1) is 18.5 Å². The fourth-order valence-corrected chi connectivity index (χ4v) is 3.46. The zero-order valence-corrected chi connectivity index (χ0v) is 18.9. The van der Waals surface area contributed by atoms with Crippen LogP contribution in [0.2, 0.25) is 0 Å². The Hall–Kier alpha value is -2.56. The minimum atomic E-state index is -0.0623. The number of aryl methyl sites for hydroxylation is 1. The van der Waals surface area contributed by atoms with Gasteiger partial charge in [-0.15, -0.1) is 24.0 Å². The number of halogens is 1. The van der Waals surface area contributed by atoms with Crippen LogP contribution in [0.15, 0.2) is 52.2 Å². The van der Waals surface area contributed by atoms with E-state index in [2.05, 4.69) is 37.6 Å². The first-order valence-corrected chi connectivity index (χ1v) is 9.37. The summed E-state index contributed by atoms with van der Waals surface area (Å²) in [4.78, 5) is 25.4. The summed E-state index contributed by atoms with van der Waals surface area (Å²) in [5.41, 5.74) is 3.05. The van der Waals surface area contributed by atoms with Gasteiger partial charge in [0.15, 0.2) is 11.7 Å². The third-order valence-corrected chi connectivity index (χ3v) is 4.98. The molecule has 1 saturated heterocycles. The maximum Gasteiger partial charge on any atom is 0.289 e. The van der Waals surface area contributed by atoms with Crippen molar-refractivity contribution in [3.8, 4) is 0 Å². The number of nitrogens with zero attached hydrogens (tertiary/aromatic N) is 5. The molecular weight excluding hydrogens is 483 g/mol. The smallest absolute Gasteiger partial charge is 0.289 e. The van der Waals surface area contributed by atoms with Crippen LogP contribution in [0.3, 0.4) is 0 Å². The van der Waals surface area contributed by atoms with E-state index >= 15 is 0 Å². The number of piperazine rings is 1. The zero-order chi connectivity index (χ0) is 19.5. The Morgan fingerprint density at radius 2 is 1.93 bits per heavy atom. The van der Waals surface area contributed by atoms with E-state index in [1.54, 1.807) is 19.2 Å². The highest BCUT2D eigenvalue weighted by Crippen LogP contribution is 2.11. The highest BCUT2D eigenvalue weighted by molar-refractivity contribution is 14.0. The molecule has 3 aromatic rings. The molecule has 1 amide bonds. The molecule has 0 aliphatic carbocycles. The van der Waals surface area contributed by atoms with E-state index in [0.717, 1.165) is 36.1 Å². The Morgan fingerprint density at radius 3 is 2.59 bits per heavy atom. The fraction of sp³-hybridized carbons (Fsp3) is 0.350. The molecule has 0 saturated carbocycles. The first-order valence-electron chi connectivity index (χ1n) is 9.37. The van der Waals surface area contributed by atoms with Gasteiger partial charge in [-0.3, -0.25) is 9.79 Å². The Morgan fingerprint density at radius 1 is 1.17 bits per heavy atom. The third-order valence-electron chi connectivity index (χ3n) is 4.98. The van der Waals surface area contributed by atoms with Gasteiger partial charge >= 0.3 is 0 Å². The molecule has 154 valence electrons. The van der Waals surface area contributed by atoms with Crippen LogP contribution in [0.4, 0.5) is 0 Å². The third kappa shape index (κ3) is 4.55. The minimum Gasteiger partial charge on any atom is -0.459 e. The predicted octanol–water partition coefficient (Wildman–Crippen LogP) is 2.39. The summed E-state index contributed by atoms with van der Waals surface area (Å²) in [7, 11) is 1.77. The number of carbonyl (C=O) groups excluding carboxylic acids is 1. The molecule has 29 heavy (non-hydrogen) atoms. The summed E-state index contributed by atoms with van der Waals surface area (Å²) >= 11 is 0. The average Bonchev–Trinajstić information content (AvgIpc) is 3.39. The minimum absolute atomic E-state index is 0. The van der Waals surface area contributed by atoms with Crippen molar-refractivity contribution >= 4 is 41.5 Å². The Bertz CT molecular complexity index is 990. The summed E-state index contributed by atoms with van der Waals surface area (Å²) in [6.07, 6.45) is 3.57. The largest absolute Gasteiger partial charge is 0.459 e. The van der Waals surface area contributed by atoms with Gasteiger partial charge < -0.3 is 23.9 Å². The number of rotatable bonds is 3. The fourth-order valence-electron chi connectivity index (χ4n) is 3.46. The average molecular weight is 508 g/mol. The van der Waals surface area contributed by atoms with Crippen LogP contribution in [0.1, 0.15) is 21.9 Å². The number of amides is 1. The molecule has 0 atom stereocenters. The SMILES string of the molecule is CN=C(NCc1cn2c(C)cccc2n1)N1CCN(C(=O)c2ccco2)CC1.I. The van der Waals surface area contributed by atoms with Gasteiger partial charge in [0.2, 0.25) is 0 Å². The lowest BCUT2D eigenvalue weighted by atomic mass is 10.3. The van der Waals surface area contributed by atoms with Crippen LogP contribution in [0.25, 0.3) is 5.65 Å². The second-order valence-corrected chi connectivity index (χ2v) is 6.78. The molecule has 3 aromatic heterocycles. The number of fused-ring (bicyclic) bond motifs is 1. The summed E-state index contributed by atoms with van der Waals surface area (Å²) in [6, 6.07) is 9.51. The highest BCUT2D eigenvalue weighted by atomic mass is 127. The summed E-state index contributed by atoms with van der Waals surface area (Å²) < 4.78 is 7.30. The van der Waals surface area contributed by atoms with Gasteiger partial charge in [-0.2, -0.15) is 0 Å². The van der Waals surface area contributed by atoms with E-state index in [4.69, 9.17) is 4.42 Å². The number of nitrogens with one attached hydrogen (secondary N) is 1. The van der Waals surface area contributed by atoms with Crippen molar-refractivity contribution in [1.29, 1.82) is 0 Å². The Balaban J connectivity index is 0.00000240. The second kappa shape index (κ2) is 9.29. The standard InChI is InChI=1S/C20H24N6O2.HI/c1-15-5-3-7-18-23-16(14-26(15)18)13-22-20(21-2)25-10-8-24(9-11-25)19(27)17-6-4-12-28-17;/h3-7,12,14H,8-11,13H2,1-2H3,(H,21,22);1H. The molecule has 9 heteroatoms. The molecule has 1 aliphatic heterocycles. The molecule has 4 heterocycles. The van der Waals surface area contributed by atoms with Gasteiger partial charge in [0, 0.05) is 45.1 Å². The number of aromatic nitrogens is 2. The maximum atomic E-state index is 12.4. The van der Waals surface area contributed by atoms with Crippen molar-refractivity contribution in [1.82, 2.24) is 24.5 Å². The number of hydrogen-bond donors (Lipinski definition) is 1. The lowest BCUT2D eigenvalue weighted by molar-refractivity contribution is 0.0657. The molecule has 0 aromatic carbocycles. The number of guanidine groups is 1. The van der Waals surface area contributed by atoms with E-state index in [1.165, 1.54) is 6.26 Å². The molecule has 0 bridgehead atoms. The molecule has 1 aliphatic rings. The summed E-state index contributed by atoms with van der Waals surface area (Å²) in [5.74, 6) is 1.14. The zero-order valence-electron chi connectivity index (χ0n) is 16.5. The van der Waals surface area contributed by atoms with Crippen LogP contribution in [-0.2, 0) is 6.54 Å². The Labute approximate surface area is 186 Å². The van der Waals surface area contributed by atoms with Gasteiger partial charge in [-0.1, -0.05) is 6.07 Å². The molecule has 8 nitrogen and oxygen atoms in total. The molecular formula is C20H25IN6O2. The van der Waals surface area contributed by atoms with Gasteiger partial charge in [0.1, 0.15) is 5.65 Å². The summed E-state index contributed by atoms with van der Waals surface area (Å²) in [6.45, 7) is 5.36. The van der Waals surface area contributed by atoms with E-state index in [1.807, 2.05) is 23.2 Å². The number of aliphatic imine (C=N–C) groups is 1. The van der Waals surface area contributed by atoms with E-state index in [9.17, 15) is 4.79 Å². The first-order chi connectivity index (χ1) is 13.7. The van der Waals surface area contributed by atoms with Gasteiger partial charge in [0.25, 0.3) is 5.91 Å². The van der Waals surface area contributed by atoms with Crippen LogP contribution in [0.5, 0.6) is 0 Å². The number of imidazole rings is 1. The molecule has 1 N–H and O–H groups in total. The van der Waals surface area contributed by atoms with E-state index in [0.29, 0.717) is 25.4 Å². The highest BCUT2D eigenvalue weighted by Gasteiger charge is 2.25. The lowest BCUT2D eigenvalue weighted by Crippen LogP contribution is -2.53. The molecule has 1 fully saturated rings. The van der Waals surface area contributed by atoms with Crippen molar-refractivity contribution in [2.24, 2.45) is 4.99 Å². The van der Waals surface area contributed by atoms with Gasteiger partial charge in [-0.05, 0) is 31.2 Å². The first kappa shape index (κ1) is 21.2. The lowest BCUT2D eigenvalue weighted by Gasteiger charge is -2.36. The summed E-state index contributed by atoms with van der Waals surface area (Å²) in [5, 5.41) is 3.39. The topological polar surface area (TPSA) is 78.4 Å². The van der Waals surface area contributed by atoms with Crippen molar-refractivity contribution in [2.75, 3.05) is 33.2 Å². The molecule has 0 unspecified atom stereocenters. The number of furan rings is 1. The normalized spacial score (nSPS) is 14.8. The molecule has 0 radical (unpaired) electrons. The van der Waals surface area contributed by atoms with Crippen molar-refractivity contribution in [3.05, 3.63) is 59.9 Å². The number of pyridine rings is 1. The van der Waals surface area contributed by atoms with Gasteiger partial charge in [-0.25, -0.2) is 4.98 Å². The Kier molecular flexibility index (Phi) is 6.78. The van der Waals surface area contributed by atoms with E-state index < -0.39 is 0 Å². The quantitative estimate of drug-likeness (QED) is 0.334. The second-order valence-electron chi connectivity index (χ2n) is 6.78. The number of hydrogen-bond acceptors (Lipinski definition) is 4. The molecule has 0 spiro atoms. The van der Waals surface area contributed by atoms with E-state index in [-0.39, 0.29) is 29.9 Å². The van der Waals surface area contributed by atoms with Crippen molar-refractivity contribution in [3.63, 3.8) is 0 Å². The monoisotopic (exact) mass is 508 g/mol. The molecule has 4 rings (SSSR count). The van der Waals surface area contributed by atoms with Crippen molar-refractivity contribution < 1.29 is 9.21 Å². The maximum absolute atomic E-state index is 12.4. The van der Waals surface area contributed by atoms with Crippen molar-refractivity contribution in [2.45, 2.75) is 13.5 Å². The van der Waals surface area contributed by atoms with Crippen LogP contribution in [-0.4, -0.2) is 64.3 Å². The van der Waals surface area contributed by atoms with Crippen LogP contribution < -0.4 is 5.32 Å². The van der Waals surface area contributed by atoms with Crippen LogP contribution in [0, 0.1) is 6.92 Å². The number of carbonyl (C=O) groups is 1. The van der Waals surface area contributed by atoms with Crippen LogP contribution >= 0.6 is 24.0 Å².